The summed E-state index contributed by atoms with van der Waals surface area (Å²) in [5.41, 5.74) is 1.61. The summed E-state index contributed by atoms with van der Waals surface area (Å²) < 4.78 is 13.0. The highest BCUT2D eigenvalue weighted by Crippen LogP contribution is 2.29. The number of amides is 1. The molecule has 2 heterocycles. The van der Waals surface area contributed by atoms with Gasteiger partial charge in [-0.05, 0) is 50.5 Å². The number of hydrogen-bond acceptors (Lipinski definition) is 3. The van der Waals surface area contributed by atoms with Gasteiger partial charge in [-0.3, -0.25) is 4.79 Å². The van der Waals surface area contributed by atoms with Crippen LogP contribution in [-0.4, -0.2) is 28.9 Å². The number of piperidine rings is 1. The molecule has 21 heavy (non-hydrogen) atoms. The Bertz CT molecular complexity index is 645. The van der Waals surface area contributed by atoms with E-state index in [2.05, 4.69) is 4.98 Å². The molecule has 1 saturated heterocycles. The second-order valence-corrected chi connectivity index (χ2v) is 6.29. The number of halogens is 1. The quantitative estimate of drug-likeness (QED) is 0.843. The maximum absolute atomic E-state index is 13.0. The number of thiazole rings is 1. The molecule has 1 aliphatic rings. The second-order valence-electron chi connectivity index (χ2n) is 5.29. The standard InChI is InChI=1S/C16H17FN2OS/c1-11-14(16(20)19-9-3-2-4-10-19)21-15(18-11)12-5-7-13(17)8-6-12/h5-8H,2-4,9-10H2,1H3. The van der Waals surface area contributed by atoms with Crippen molar-refractivity contribution in [1.82, 2.24) is 9.88 Å². The van der Waals surface area contributed by atoms with E-state index in [4.69, 9.17) is 0 Å². The minimum atomic E-state index is -0.267. The first-order valence-electron chi connectivity index (χ1n) is 7.18. The second kappa shape index (κ2) is 5.93. The Morgan fingerprint density at radius 2 is 1.86 bits per heavy atom. The number of aromatic nitrogens is 1. The number of carbonyl (C=O) groups excluding carboxylic acids is 1. The Balaban J connectivity index is 1.87. The number of nitrogens with zero attached hydrogens (tertiary/aromatic N) is 2. The molecule has 1 aliphatic heterocycles. The highest BCUT2D eigenvalue weighted by Gasteiger charge is 2.23. The Morgan fingerprint density at radius 3 is 2.52 bits per heavy atom. The van der Waals surface area contributed by atoms with E-state index in [0.29, 0.717) is 4.88 Å². The average molecular weight is 304 g/mol. The monoisotopic (exact) mass is 304 g/mol. The van der Waals surface area contributed by atoms with E-state index in [1.54, 1.807) is 12.1 Å². The summed E-state index contributed by atoms with van der Waals surface area (Å²) >= 11 is 1.40. The van der Waals surface area contributed by atoms with Crippen LogP contribution in [-0.2, 0) is 0 Å². The van der Waals surface area contributed by atoms with Gasteiger partial charge in [-0.2, -0.15) is 0 Å². The molecule has 0 unspecified atom stereocenters. The van der Waals surface area contributed by atoms with E-state index in [1.807, 2.05) is 11.8 Å². The first-order chi connectivity index (χ1) is 10.1. The number of likely N-dealkylation sites (tertiary alicyclic amines) is 1. The van der Waals surface area contributed by atoms with Gasteiger partial charge in [0.05, 0.1) is 5.69 Å². The van der Waals surface area contributed by atoms with Crippen molar-refractivity contribution in [2.24, 2.45) is 0 Å². The summed E-state index contributed by atoms with van der Waals surface area (Å²) in [7, 11) is 0. The van der Waals surface area contributed by atoms with E-state index in [0.717, 1.165) is 42.2 Å². The van der Waals surface area contributed by atoms with Gasteiger partial charge < -0.3 is 4.90 Å². The Hall–Kier alpha value is -1.75. The maximum atomic E-state index is 13.0. The summed E-state index contributed by atoms with van der Waals surface area (Å²) in [6.07, 6.45) is 3.36. The lowest BCUT2D eigenvalue weighted by atomic mass is 10.1. The largest absolute Gasteiger partial charge is 0.338 e. The molecule has 0 bridgehead atoms. The Labute approximate surface area is 127 Å². The summed E-state index contributed by atoms with van der Waals surface area (Å²) in [5.74, 6) is -0.185. The van der Waals surface area contributed by atoms with Crippen molar-refractivity contribution in [3.05, 3.63) is 40.7 Å². The fraction of sp³-hybridized carbons (Fsp3) is 0.375. The van der Waals surface area contributed by atoms with E-state index >= 15 is 0 Å². The third-order valence-corrected chi connectivity index (χ3v) is 4.92. The minimum absolute atomic E-state index is 0.0815. The van der Waals surface area contributed by atoms with E-state index in [1.165, 1.54) is 29.9 Å². The van der Waals surface area contributed by atoms with Crippen molar-refractivity contribution in [3.63, 3.8) is 0 Å². The van der Waals surface area contributed by atoms with Crippen LogP contribution in [0.1, 0.15) is 34.6 Å². The lowest BCUT2D eigenvalue weighted by molar-refractivity contribution is 0.0728. The lowest BCUT2D eigenvalue weighted by Gasteiger charge is -2.26. The van der Waals surface area contributed by atoms with Gasteiger partial charge in [-0.15, -0.1) is 11.3 Å². The summed E-state index contributed by atoms with van der Waals surface area (Å²) in [6, 6.07) is 6.22. The molecule has 0 aliphatic carbocycles. The van der Waals surface area contributed by atoms with Gasteiger partial charge in [-0.25, -0.2) is 9.37 Å². The molecule has 3 rings (SSSR count). The first kappa shape index (κ1) is 14.2. The van der Waals surface area contributed by atoms with Gasteiger partial charge in [0.1, 0.15) is 15.7 Å². The van der Waals surface area contributed by atoms with Crippen LogP contribution < -0.4 is 0 Å². The molecule has 5 heteroatoms. The van der Waals surface area contributed by atoms with Crippen LogP contribution in [0, 0.1) is 12.7 Å². The molecule has 1 aromatic carbocycles. The lowest BCUT2D eigenvalue weighted by Crippen LogP contribution is -2.35. The van der Waals surface area contributed by atoms with Crippen LogP contribution in [0.4, 0.5) is 4.39 Å². The van der Waals surface area contributed by atoms with Gasteiger partial charge in [-0.1, -0.05) is 0 Å². The van der Waals surface area contributed by atoms with E-state index in [-0.39, 0.29) is 11.7 Å². The number of benzene rings is 1. The molecular weight excluding hydrogens is 287 g/mol. The van der Waals surface area contributed by atoms with Crippen molar-refractivity contribution in [1.29, 1.82) is 0 Å². The van der Waals surface area contributed by atoms with E-state index in [9.17, 15) is 9.18 Å². The summed E-state index contributed by atoms with van der Waals surface area (Å²) in [4.78, 5) is 19.7. The Kier molecular flexibility index (Phi) is 4.01. The van der Waals surface area contributed by atoms with Crippen LogP contribution in [0.25, 0.3) is 10.6 Å². The van der Waals surface area contributed by atoms with Crippen molar-refractivity contribution < 1.29 is 9.18 Å². The first-order valence-corrected chi connectivity index (χ1v) is 7.99. The smallest absolute Gasteiger partial charge is 0.265 e. The molecule has 0 radical (unpaired) electrons. The van der Waals surface area contributed by atoms with Crippen LogP contribution >= 0.6 is 11.3 Å². The van der Waals surface area contributed by atoms with Crippen LogP contribution in [0.5, 0.6) is 0 Å². The van der Waals surface area contributed by atoms with Crippen molar-refractivity contribution in [2.45, 2.75) is 26.2 Å². The molecule has 0 atom stereocenters. The molecule has 0 saturated carbocycles. The molecule has 3 nitrogen and oxygen atoms in total. The zero-order chi connectivity index (χ0) is 14.8. The zero-order valence-electron chi connectivity index (χ0n) is 11.9. The third-order valence-electron chi connectivity index (χ3n) is 3.73. The van der Waals surface area contributed by atoms with E-state index < -0.39 is 0 Å². The van der Waals surface area contributed by atoms with Gasteiger partial charge in [0.2, 0.25) is 0 Å². The fourth-order valence-electron chi connectivity index (χ4n) is 2.55. The van der Waals surface area contributed by atoms with Crippen molar-refractivity contribution >= 4 is 17.2 Å². The maximum Gasteiger partial charge on any atom is 0.265 e. The van der Waals surface area contributed by atoms with Gasteiger partial charge in [0.15, 0.2) is 0 Å². The highest BCUT2D eigenvalue weighted by molar-refractivity contribution is 7.17. The highest BCUT2D eigenvalue weighted by atomic mass is 32.1. The van der Waals surface area contributed by atoms with Crippen molar-refractivity contribution in [2.75, 3.05) is 13.1 Å². The molecular formula is C16H17FN2OS. The Morgan fingerprint density at radius 1 is 1.19 bits per heavy atom. The fourth-order valence-corrected chi connectivity index (χ4v) is 3.59. The SMILES string of the molecule is Cc1nc(-c2ccc(F)cc2)sc1C(=O)N1CCCCC1. The normalized spacial score (nSPS) is 15.2. The van der Waals surface area contributed by atoms with Gasteiger partial charge >= 0.3 is 0 Å². The van der Waals surface area contributed by atoms with Crippen molar-refractivity contribution in [3.8, 4) is 10.6 Å². The third kappa shape index (κ3) is 2.97. The molecule has 1 fully saturated rings. The zero-order valence-corrected chi connectivity index (χ0v) is 12.8. The number of carbonyl (C=O) groups is 1. The number of rotatable bonds is 2. The topological polar surface area (TPSA) is 33.2 Å². The number of hydrogen-bond donors (Lipinski definition) is 0. The van der Waals surface area contributed by atoms with Crippen LogP contribution in [0.3, 0.4) is 0 Å². The summed E-state index contributed by atoms with van der Waals surface area (Å²) in [6.45, 7) is 3.53. The molecule has 1 aromatic heterocycles. The molecule has 110 valence electrons. The predicted octanol–water partition coefficient (Wildman–Crippen LogP) is 3.88. The molecule has 1 amide bonds. The van der Waals surface area contributed by atoms with Crippen LogP contribution in [0.2, 0.25) is 0 Å². The molecule has 0 spiro atoms. The molecule has 2 aromatic rings. The van der Waals surface area contributed by atoms with Crippen LogP contribution in [0.15, 0.2) is 24.3 Å². The summed E-state index contributed by atoms with van der Waals surface area (Å²) in [5, 5.41) is 0.771. The predicted molar refractivity (Wildman–Crippen MR) is 82.0 cm³/mol. The average Bonchev–Trinajstić information content (AvgIpc) is 2.90. The van der Waals surface area contributed by atoms with Gasteiger partial charge in [0.25, 0.3) is 5.91 Å². The molecule has 0 N–H and O–H groups in total. The van der Waals surface area contributed by atoms with Gasteiger partial charge in [0, 0.05) is 18.7 Å². The minimum Gasteiger partial charge on any atom is -0.338 e. The number of aryl methyl sites for hydroxylation is 1.